The smallest absolute Gasteiger partial charge is 0.0591 e. The van der Waals surface area contributed by atoms with Crippen LogP contribution in [0.5, 0.6) is 0 Å². The number of aliphatic imine (C=N–C) groups is 1. The fourth-order valence-corrected chi connectivity index (χ4v) is 1.03. The van der Waals surface area contributed by atoms with Gasteiger partial charge in [0.05, 0.1) is 5.69 Å². The summed E-state index contributed by atoms with van der Waals surface area (Å²) in [6.07, 6.45) is 5.80. The summed E-state index contributed by atoms with van der Waals surface area (Å²) in [5.41, 5.74) is 1.14. The van der Waals surface area contributed by atoms with Crippen molar-refractivity contribution in [3.63, 3.8) is 0 Å². The molecule has 1 heterocycles. The van der Waals surface area contributed by atoms with E-state index in [9.17, 15) is 0 Å². The van der Waals surface area contributed by atoms with Crippen molar-refractivity contribution in [3.05, 3.63) is 36.7 Å². The van der Waals surface area contributed by atoms with Gasteiger partial charge in [0, 0.05) is 25.5 Å². The molecule has 1 aromatic rings. The zero-order valence-electron chi connectivity index (χ0n) is 7.40. The van der Waals surface area contributed by atoms with E-state index in [0.717, 1.165) is 18.8 Å². The van der Waals surface area contributed by atoms with Crippen LogP contribution in [-0.4, -0.2) is 17.3 Å². The predicted molar refractivity (Wildman–Crippen MR) is 52.8 cm³/mol. The third-order valence-corrected chi connectivity index (χ3v) is 1.60. The maximum absolute atomic E-state index is 4.18. The SMILES string of the molecule is C=CCn1cccc1C=NCC. The van der Waals surface area contributed by atoms with Crippen molar-refractivity contribution in [2.45, 2.75) is 13.5 Å². The summed E-state index contributed by atoms with van der Waals surface area (Å²) in [5.74, 6) is 0. The number of allylic oxidation sites excluding steroid dienone is 1. The van der Waals surface area contributed by atoms with Gasteiger partial charge in [-0.15, -0.1) is 6.58 Å². The van der Waals surface area contributed by atoms with Crippen LogP contribution in [0, 0.1) is 0 Å². The summed E-state index contributed by atoms with van der Waals surface area (Å²) in [7, 11) is 0. The normalized spacial score (nSPS) is 10.8. The number of hydrogen-bond acceptors (Lipinski definition) is 1. The highest BCUT2D eigenvalue weighted by atomic mass is 15.0. The van der Waals surface area contributed by atoms with Gasteiger partial charge in [-0.25, -0.2) is 0 Å². The first-order valence-corrected chi connectivity index (χ1v) is 4.14. The third kappa shape index (κ3) is 2.09. The largest absolute Gasteiger partial charge is 0.343 e. The molecular formula is C10H14N2. The molecule has 0 amide bonds. The van der Waals surface area contributed by atoms with E-state index in [-0.39, 0.29) is 0 Å². The molecule has 0 bridgehead atoms. The molecule has 0 saturated heterocycles. The van der Waals surface area contributed by atoms with Crippen molar-refractivity contribution in [3.8, 4) is 0 Å². The van der Waals surface area contributed by atoms with Crippen molar-refractivity contribution in [1.29, 1.82) is 0 Å². The molecule has 1 aromatic heterocycles. The Morgan fingerprint density at radius 1 is 1.67 bits per heavy atom. The molecule has 0 saturated carbocycles. The molecule has 0 aliphatic rings. The molecule has 0 aromatic carbocycles. The Labute approximate surface area is 73.2 Å². The predicted octanol–water partition coefficient (Wildman–Crippen LogP) is 2.11. The van der Waals surface area contributed by atoms with Gasteiger partial charge in [0.1, 0.15) is 0 Å². The molecule has 0 aliphatic heterocycles. The summed E-state index contributed by atoms with van der Waals surface area (Å²) < 4.78 is 2.10. The summed E-state index contributed by atoms with van der Waals surface area (Å²) >= 11 is 0. The molecule has 0 radical (unpaired) electrons. The van der Waals surface area contributed by atoms with Gasteiger partial charge in [0.25, 0.3) is 0 Å². The molecule has 0 fully saturated rings. The van der Waals surface area contributed by atoms with E-state index in [2.05, 4.69) is 16.1 Å². The van der Waals surface area contributed by atoms with Crippen LogP contribution < -0.4 is 0 Å². The van der Waals surface area contributed by atoms with Gasteiger partial charge in [-0.2, -0.15) is 0 Å². The van der Waals surface area contributed by atoms with E-state index < -0.39 is 0 Å². The van der Waals surface area contributed by atoms with Crippen LogP contribution in [0.25, 0.3) is 0 Å². The first-order chi connectivity index (χ1) is 5.88. The van der Waals surface area contributed by atoms with E-state index in [1.54, 1.807) is 0 Å². The maximum Gasteiger partial charge on any atom is 0.0591 e. The summed E-state index contributed by atoms with van der Waals surface area (Å²) in [6, 6.07) is 4.06. The molecule has 0 unspecified atom stereocenters. The zero-order valence-corrected chi connectivity index (χ0v) is 7.40. The lowest BCUT2D eigenvalue weighted by Gasteiger charge is -2.00. The minimum Gasteiger partial charge on any atom is -0.343 e. The van der Waals surface area contributed by atoms with Crippen molar-refractivity contribution >= 4 is 6.21 Å². The van der Waals surface area contributed by atoms with Gasteiger partial charge < -0.3 is 4.57 Å². The second kappa shape index (κ2) is 4.54. The molecule has 0 N–H and O–H groups in total. The van der Waals surface area contributed by atoms with E-state index in [4.69, 9.17) is 0 Å². The monoisotopic (exact) mass is 162 g/mol. The summed E-state index contributed by atoms with van der Waals surface area (Å²) in [6.45, 7) is 7.39. The third-order valence-electron chi connectivity index (χ3n) is 1.60. The van der Waals surface area contributed by atoms with Gasteiger partial charge in [-0.1, -0.05) is 6.08 Å². The van der Waals surface area contributed by atoms with Gasteiger partial charge in [0.15, 0.2) is 0 Å². The summed E-state index contributed by atoms with van der Waals surface area (Å²) in [4.78, 5) is 4.18. The van der Waals surface area contributed by atoms with E-state index in [0.29, 0.717) is 0 Å². The minimum absolute atomic E-state index is 0.833. The molecule has 2 nitrogen and oxygen atoms in total. The van der Waals surface area contributed by atoms with Crippen molar-refractivity contribution < 1.29 is 0 Å². The molecule has 0 atom stereocenters. The highest BCUT2D eigenvalue weighted by Crippen LogP contribution is 1.99. The van der Waals surface area contributed by atoms with Gasteiger partial charge in [-0.3, -0.25) is 4.99 Å². The lowest BCUT2D eigenvalue weighted by molar-refractivity contribution is 0.824. The molecule has 64 valence electrons. The van der Waals surface area contributed by atoms with Crippen LogP contribution in [0.1, 0.15) is 12.6 Å². The quantitative estimate of drug-likeness (QED) is 0.476. The van der Waals surface area contributed by atoms with Crippen LogP contribution in [0.2, 0.25) is 0 Å². The standard InChI is InChI=1S/C10H14N2/c1-3-7-12-8-5-6-10(12)9-11-4-2/h3,5-6,8-9H,1,4,7H2,2H3. The van der Waals surface area contributed by atoms with Gasteiger partial charge in [-0.05, 0) is 19.1 Å². The number of nitrogens with zero attached hydrogens (tertiary/aromatic N) is 2. The first kappa shape index (κ1) is 8.78. The van der Waals surface area contributed by atoms with Crippen LogP contribution in [0.4, 0.5) is 0 Å². The molecule has 1 rings (SSSR count). The Hall–Kier alpha value is -1.31. The second-order valence-electron chi connectivity index (χ2n) is 2.50. The van der Waals surface area contributed by atoms with Crippen LogP contribution in [-0.2, 0) is 6.54 Å². The molecule has 12 heavy (non-hydrogen) atoms. The average molecular weight is 162 g/mol. The number of rotatable bonds is 4. The lowest BCUT2D eigenvalue weighted by atomic mass is 10.4. The Kier molecular flexibility index (Phi) is 3.33. The Morgan fingerprint density at radius 3 is 3.17 bits per heavy atom. The highest BCUT2D eigenvalue weighted by Gasteiger charge is 1.93. The van der Waals surface area contributed by atoms with Gasteiger partial charge >= 0.3 is 0 Å². The van der Waals surface area contributed by atoms with Crippen LogP contribution >= 0.6 is 0 Å². The number of aromatic nitrogens is 1. The lowest BCUT2D eigenvalue weighted by Crippen LogP contribution is -1.98. The Bertz CT molecular complexity index is 271. The first-order valence-electron chi connectivity index (χ1n) is 4.14. The Balaban J connectivity index is 2.76. The summed E-state index contributed by atoms with van der Waals surface area (Å²) in [5, 5.41) is 0. The van der Waals surface area contributed by atoms with Crippen LogP contribution in [0.15, 0.2) is 36.0 Å². The van der Waals surface area contributed by atoms with Crippen molar-refractivity contribution in [2.75, 3.05) is 6.54 Å². The van der Waals surface area contributed by atoms with E-state index >= 15 is 0 Å². The topological polar surface area (TPSA) is 17.3 Å². The molecule has 0 aliphatic carbocycles. The van der Waals surface area contributed by atoms with Crippen molar-refractivity contribution in [1.82, 2.24) is 4.57 Å². The zero-order chi connectivity index (χ0) is 8.81. The van der Waals surface area contributed by atoms with E-state index in [1.165, 1.54) is 0 Å². The second-order valence-corrected chi connectivity index (χ2v) is 2.50. The molecular weight excluding hydrogens is 148 g/mol. The fraction of sp³-hybridized carbons (Fsp3) is 0.300. The van der Waals surface area contributed by atoms with Crippen molar-refractivity contribution in [2.24, 2.45) is 4.99 Å². The fourth-order valence-electron chi connectivity index (χ4n) is 1.03. The minimum atomic E-state index is 0.833. The van der Waals surface area contributed by atoms with Crippen LogP contribution in [0.3, 0.4) is 0 Å². The molecule has 2 heteroatoms. The Morgan fingerprint density at radius 2 is 2.50 bits per heavy atom. The highest BCUT2D eigenvalue weighted by molar-refractivity contribution is 5.77. The average Bonchev–Trinajstić information content (AvgIpc) is 2.50. The number of hydrogen-bond donors (Lipinski definition) is 0. The molecule has 0 spiro atoms. The van der Waals surface area contributed by atoms with E-state index in [1.807, 2.05) is 37.5 Å². The maximum atomic E-state index is 4.18. The van der Waals surface area contributed by atoms with Gasteiger partial charge in [0.2, 0.25) is 0 Å².